The van der Waals surface area contributed by atoms with Crippen molar-refractivity contribution in [2.45, 2.75) is 155 Å². The van der Waals surface area contributed by atoms with E-state index in [1.165, 1.54) is 38.7 Å². The molecular weight excluding hydrogens is 795 g/mol. The molecule has 0 bridgehead atoms. The summed E-state index contributed by atoms with van der Waals surface area (Å²) in [6.45, 7) is 9.81. The highest BCUT2D eigenvalue weighted by Gasteiger charge is 2.51. The van der Waals surface area contributed by atoms with Gasteiger partial charge in [0.05, 0.1) is 19.4 Å². The van der Waals surface area contributed by atoms with Crippen molar-refractivity contribution in [2.75, 3.05) is 13.7 Å². The van der Waals surface area contributed by atoms with E-state index in [0.29, 0.717) is 48.3 Å². The molecule has 2 aromatic carbocycles. The minimum absolute atomic E-state index is 0.0194. The molecule has 3 atom stereocenters. The van der Waals surface area contributed by atoms with Crippen LogP contribution in [0.25, 0.3) is 0 Å². The number of hydrogen-bond acceptors (Lipinski definition) is 12. The number of hydrogen-bond donors (Lipinski definition) is 2. The van der Waals surface area contributed by atoms with Crippen molar-refractivity contribution in [3.05, 3.63) is 71.8 Å². The van der Waals surface area contributed by atoms with Crippen LogP contribution in [0.5, 0.6) is 11.5 Å². The van der Waals surface area contributed by atoms with Crippen LogP contribution in [0.2, 0.25) is 0 Å². The summed E-state index contributed by atoms with van der Waals surface area (Å²) in [6.07, 6.45) is 12.2. The Kier molecular flexibility index (Phi) is 23.9. The van der Waals surface area contributed by atoms with Crippen LogP contribution in [0.3, 0.4) is 0 Å². The van der Waals surface area contributed by atoms with E-state index in [4.69, 9.17) is 23.7 Å². The number of ketones is 1. The molecule has 0 heterocycles. The summed E-state index contributed by atoms with van der Waals surface area (Å²) < 4.78 is 26.7. The van der Waals surface area contributed by atoms with E-state index in [0.717, 1.165) is 44.9 Å². The van der Waals surface area contributed by atoms with Crippen molar-refractivity contribution in [3.8, 4) is 23.3 Å². The monoisotopic (exact) mass is 861 g/mol. The van der Waals surface area contributed by atoms with E-state index in [1.807, 2.05) is 0 Å². The highest BCUT2D eigenvalue weighted by atomic mass is 16.6. The van der Waals surface area contributed by atoms with Gasteiger partial charge in [0.2, 0.25) is 5.91 Å². The number of esters is 4. The molecule has 62 heavy (non-hydrogen) atoms. The van der Waals surface area contributed by atoms with Crippen molar-refractivity contribution in [1.82, 2.24) is 5.32 Å². The molecule has 2 N–H and O–H groups in total. The molecular formula is C49H67NO12. The van der Waals surface area contributed by atoms with Gasteiger partial charge in [0, 0.05) is 26.2 Å². The molecule has 1 amide bonds. The number of unbranched alkanes of at least 4 members (excludes halogenated alkanes) is 8. The maximum atomic E-state index is 14.4. The Morgan fingerprint density at radius 1 is 0.823 bits per heavy atom. The van der Waals surface area contributed by atoms with Crippen LogP contribution in [0.4, 0.5) is 0 Å². The lowest BCUT2D eigenvalue weighted by atomic mass is 9.82. The number of carbonyl (C=O) groups is 6. The zero-order chi connectivity index (χ0) is 46.0. The number of nitrogens with one attached hydrogen (secondary N) is 1. The van der Waals surface area contributed by atoms with Crippen molar-refractivity contribution >= 4 is 35.6 Å². The SMILES string of the molecule is CC#CCOc1ccc(C[C@H](NC(=O)[C@@H](/C=C/CCCCCCC(=O)CCCCCCC)[C@@](O)(CC(=O)OCc2ccc(OC(C)=O)cc2)C(=O)OC(C)(C)C)C(=O)OC)cc1. The third kappa shape index (κ3) is 20.9. The Morgan fingerprint density at radius 2 is 1.42 bits per heavy atom. The largest absolute Gasteiger partial charge is 0.481 e. The third-order valence-electron chi connectivity index (χ3n) is 9.67. The molecule has 0 spiro atoms. The number of rotatable bonds is 28. The second kappa shape index (κ2) is 28.2. The minimum atomic E-state index is -2.79. The molecule has 0 saturated carbocycles. The van der Waals surface area contributed by atoms with Gasteiger partial charge in [0.25, 0.3) is 0 Å². The average molecular weight is 862 g/mol. The van der Waals surface area contributed by atoms with Crippen LogP contribution in [0.1, 0.15) is 136 Å². The van der Waals surface area contributed by atoms with Gasteiger partial charge in [-0.05, 0) is 88.8 Å². The lowest BCUT2D eigenvalue weighted by molar-refractivity contribution is -0.188. The normalized spacial score (nSPS) is 13.1. The Labute approximate surface area is 367 Å². The predicted molar refractivity (Wildman–Crippen MR) is 235 cm³/mol. The summed E-state index contributed by atoms with van der Waals surface area (Å²) in [5.41, 5.74) is -2.76. The fourth-order valence-corrected chi connectivity index (χ4v) is 6.36. The molecule has 0 aromatic heterocycles. The molecule has 0 fully saturated rings. The first-order valence-corrected chi connectivity index (χ1v) is 21.6. The number of Topliss-reactive ketones (excluding diaryl/α,β-unsaturated/α-hetero) is 1. The second-order valence-electron chi connectivity index (χ2n) is 16.2. The van der Waals surface area contributed by atoms with Crippen LogP contribution in [-0.2, 0) is 56.0 Å². The van der Waals surface area contributed by atoms with Gasteiger partial charge < -0.3 is 34.1 Å². The maximum absolute atomic E-state index is 14.4. The summed E-state index contributed by atoms with van der Waals surface area (Å²) in [5.74, 6) is 0.476. The van der Waals surface area contributed by atoms with Gasteiger partial charge in [-0.25, -0.2) is 9.59 Å². The first-order valence-electron chi connectivity index (χ1n) is 21.6. The Bertz CT molecular complexity index is 1820. The zero-order valence-corrected chi connectivity index (χ0v) is 37.7. The molecule has 0 saturated heterocycles. The van der Waals surface area contributed by atoms with Gasteiger partial charge >= 0.3 is 23.9 Å². The Balaban J connectivity index is 2.34. The summed E-state index contributed by atoms with van der Waals surface area (Å²) >= 11 is 0. The lowest BCUT2D eigenvalue weighted by Gasteiger charge is -2.34. The summed E-state index contributed by atoms with van der Waals surface area (Å²) in [4.78, 5) is 78.5. The summed E-state index contributed by atoms with van der Waals surface area (Å²) in [6, 6.07) is 11.8. The molecule has 2 aromatic rings. The van der Waals surface area contributed by atoms with Gasteiger partial charge in [0.1, 0.15) is 42.1 Å². The number of allylic oxidation sites excluding steroid dienone is 1. The van der Waals surface area contributed by atoms with Crippen molar-refractivity contribution in [1.29, 1.82) is 0 Å². The fourth-order valence-electron chi connectivity index (χ4n) is 6.36. The standard InChI is InChI=1S/C49H67NO12/c1-8-10-12-15-18-21-39(52)22-19-16-13-14-17-20-23-42(45(54)50-43(46(55)58-7)33-37-24-28-40(29-25-37)59-32-11-9-2)49(57,47(56)62-48(4,5)6)34-44(53)60-35-38-26-30-41(31-27-38)61-36(3)51/h20,23-31,42-43,57H,8,10,12-19,21-22,32-35H2,1-7H3,(H,50,54)/b23-20+/t42-,43+,49+/m1/s1. The van der Waals surface area contributed by atoms with Crippen LogP contribution < -0.4 is 14.8 Å². The molecule has 340 valence electrons. The van der Waals surface area contributed by atoms with Gasteiger partial charge in [-0.1, -0.05) is 87.8 Å². The van der Waals surface area contributed by atoms with Crippen LogP contribution in [-0.4, -0.2) is 71.6 Å². The second-order valence-corrected chi connectivity index (χ2v) is 16.2. The van der Waals surface area contributed by atoms with Gasteiger partial charge in [-0.3, -0.25) is 19.2 Å². The van der Waals surface area contributed by atoms with E-state index in [-0.39, 0.29) is 25.4 Å². The van der Waals surface area contributed by atoms with E-state index >= 15 is 0 Å². The Hall–Kier alpha value is -5.48. The first-order chi connectivity index (χ1) is 29.5. The molecule has 0 aliphatic carbocycles. The Morgan fingerprint density at radius 3 is 2.00 bits per heavy atom. The number of aliphatic hydroxyl groups is 1. The molecule has 2 rings (SSSR count). The lowest BCUT2D eigenvalue weighted by Crippen LogP contribution is -2.57. The number of benzene rings is 2. The quantitative estimate of drug-likeness (QED) is 0.0212. The number of carbonyl (C=O) groups excluding carboxylic acids is 6. The molecule has 0 radical (unpaired) electrons. The zero-order valence-electron chi connectivity index (χ0n) is 37.7. The predicted octanol–water partition coefficient (Wildman–Crippen LogP) is 7.86. The van der Waals surface area contributed by atoms with Gasteiger partial charge in [-0.15, -0.1) is 5.92 Å². The average Bonchev–Trinajstić information content (AvgIpc) is 3.22. The van der Waals surface area contributed by atoms with E-state index in [1.54, 1.807) is 70.2 Å². The maximum Gasteiger partial charge on any atom is 0.340 e. The highest BCUT2D eigenvalue weighted by molar-refractivity contribution is 5.95. The van der Waals surface area contributed by atoms with Gasteiger partial charge in [-0.2, -0.15) is 0 Å². The van der Waals surface area contributed by atoms with Crippen molar-refractivity contribution in [2.24, 2.45) is 5.92 Å². The molecule has 0 aliphatic heterocycles. The van der Waals surface area contributed by atoms with E-state index < -0.39 is 59.4 Å². The fraction of sp³-hybridized carbons (Fsp3) is 0.551. The minimum Gasteiger partial charge on any atom is -0.481 e. The number of amides is 1. The smallest absolute Gasteiger partial charge is 0.340 e. The number of methoxy groups -OCH3 is 1. The summed E-state index contributed by atoms with van der Waals surface area (Å²) in [7, 11) is 1.17. The van der Waals surface area contributed by atoms with Crippen molar-refractivity contribution < 1.29 is 57.6 Å². The van der Waals surface area contributed by atoms with Crippen LogP contribution in [0.15, 0.2) is 60.7 Å². The number of ether oxygens (including phenoxy) is 5. The van der Waals surface area contributed by atoms with Crippen molar-refractivity contribution in [3.63, 3.8) is 0 Å². The third-order valence-corrected chi connectivity index (χ3v) is 9.67. The summed E-state index contributed by atoms with van der Waals surface area (Å²) in [5, 5.41) is 14.9. The first kappa shape index (κ1) is 52.7. The van der Waals surface area contributed by atoms with Gasteiger partial charge in [0.15, 0.2) is 5.60 Å². The van der Waals surface area contributed by atoms with E-state index in [2.05, 4.69) is 24.1 Å². The van der Waals surface area contributed by atoms with E-state index in [9.17, 15) is 33.9 Å². The molecule has 13 nitrogen and oxygen atoms in total. The van der Waals surface area contributed by atoms with Crippen LogP contribution in [0, 0.1) is 17.8 Å². The highest BCUT2D eigenvalue weighted by Crippen LogP contribution is 2.30. The molecule has 0 unspecified atom stereocenters. The molecule has 13 heteroatoms. The topological polar surface area (TPSA) is 181 Å². The van der Waals surface area contributed by atoms with Crippen LogP contribution >= 0.6 is 0 Å². The molecule has 0 aliphatic rings.